The highest BCUT2D eigenvalue weighted by atomic mass is 16.1. The second-order valence-electron chi connectivity index (χ2n) is 7.52. The minimum absolute atomic E-state index is 0.0892. The van der Waals surface area contributed by atoms with E-state index >= 15 is 0 Å². The van der Waals surface area contributed by atoms with Crippen molar-refractivity contribution in [3.63, 3.8) is 0 Å². The van der Waals surface area contributed by atoms with Gasteiger partial charge in [0, 0.05) is 32.0 Å². The third kappa shape index (κ3) is 5.19. The van der Waals surface area contributed by atoms with Crippen LogP contribution in [0.1, 0.15) is 18.4 Å². The molecule has 0 saturated carbocycles. The maximum Gasteiger partial charge on any atom is 0.225 e. The Hall–Kier alpha value is -3.21. The molecule has 3 aromatic rings. The van der Waals surface area contributed by atoms with Gasteiger partial charge in [0.2, 0.25) is 11.9 Å². The first-order valence-electron chi connectivity index (χ1n) is 10.2. The van der Waals surface area contributed by atoms with Gasteiger partial charge in [-0.3, -0.25) is 4.79 Å². The molecule has 0 atom stereocenters. The summed E-state index contributed by atoms with van der Waals surface area (Å²) >= 11 is 0. The molecule has 148 valence electrons. The molecule has 2 aromatic carbocycles. The van der Waals surface area contributed by atoms with E-state index in [1.54, 1.807) is 12.4 Å². The van der Waals surface area contributed by atoms with Crippen LogP contribution in [0.15, 0.2) is 73.1 Å². The molecule has 1 aromatic heterocycles. The van der Waals surface area contributed by atoms with E-state index in [0.29, 0.717) is 12.3 Å². The number of nitrogens with one attached hydrogen (secondary N) is 1. The van der Waals surface area contributed by atoms with Crippen LogP contribution in [-0.2, 0) is 11.2 Å². The van der Waals surface area contributed by atoms with Crippen LogP contribution in [0.5, 0.6) is 0 Å². The van der Waals surface area contributed by atoms with Gasteiger partial charge in [0.15, 0.2) is 0 Å². The number of benzene rings is 2. The molecule has 1 saturated heterocycles. The molecule has 1 aliphatic rings. The smallest absolute Gasteiger partial charge is 0.225 e. The van der Waals surface area contributed by atoms with E-state index in [2.05, 4.69) is 44.5 Å². The normalized spacial score (nSPS) is 14.6. The summed E-state index contributed by atoms with van der Waals surface area (Å²) in [5.74, 6) is 1.40. The standard InChI is InChI=1S/C24H26N4O/c29-23(17-19-7-9-22(10-8-19)21-5-2-1-3-6-21)27-18-20-11-15-28(16-12-20)24-25-13-4-14-26-24/h1-10,13-14,20H,11-12,15-18H2,(H,27,29). The molecule has 0 bridgehead atoms. The van der Waals surface area contributed by atoms with Gasteiger partial charge >= 0.3 is 0 Å². The number of hydrogen-bond acceptors (Lipinski definition) is 4. The largest absolute Gasteiger partial charge is 0.356 e. The Morgan fingerprint density at radius 2 is 1.55 bits per heavy atom. The summed E-state index contributed by atoms with van der Waals surface area (Å²) in [4.78, 5) is 23.2. The molecule has 4 rings (SSSR count). The number of hydrogen-bond donors (Lipinski definition) is 1. The van der Waals surface area contributed by atoms with Crippen LogP contribution in [0.4, 0.5) is 5.95 Å². The summed E-state index contributed by atoms with van der Waals surface area (Å²) < 4.78 is 0. The zero-order chi connectivity index (χ0) is 19.9. The van der Waals surface area contributed by atoms with Gasteiger partial charge in [0.25, 0.3) is 0 Å². The first-order chi connectivity index (χ1) is 14.3. The molecular weight excluding hydrogens is 360 g/mol. The minimum Gasteiger partial charge on any atom is -0.356 e. The van der Waals surface area contributed by atoms with Gasteiger partial charge in [-0.2, -0.15) is 0 Å². The molecule has 1 N–H and O–H groups in total. The van der Waals surface area contributed by atoms with Crippen molar-refractivity contribution in [3.8, 4) is 11.1 Å². The zero-order valence-electron chi connectivity index (χ0n) is 16.5. The number of aromatic nitrogens is 2. The summed E-state index contributed by atoms with van der Waals surface area (Å²) in [6, 6.07) is 20.4. The zero-order valence-corrected chi connectivity index (χ0v) is 16.5. The molecular formula is C24H26N4O. The molecule has 29 heavy (non-hydrogen) atoms. The summed E-state index contributed by atoms with van der Waals surface area (Å²) in [5, 5.41) is 3.11. The topological polar surface area (TPSA) is 58.1 Å². The Morgan fingerprint density at radius 1 is 0.897 bits per heavy atom. The average Bonchev–Trinajstić information content (AvgIpc) is 2.80. The number of carbonyl (C=O) groups is 1. The van der Waals surface area contributed by atoms with Gasteiger partial charge in [0.1, 0.15) is 0 Å². The fourth-order valence-corrected chi connectivity index (χ4v) is 3.74. The maximum absolute atomic E-state index is 12.4. The van der Waals surface area contributed by atoms with Crippen molar-refractivity contribution in [1.82, 2.24) is 15.3 Å². The van der Waals surface area contributed by atoms with Crippen LogP contribution in [-0.4, -0.2) is 35.5 Å². The lowest BCUT2D eigenvalue weighted by atomic mass is 9.97. The number of rotatable bonds is 6. The van der Waals surface area contributed by atoms with Gasteiger partial charge in [0.05, 0.1) is 6.42 Å². The Balaban J connectivity index is 1.21. The van der Waals surface area contributed by atoms with Crippen LogP contribution >= 0.6 is 0 Å². The number of piperidine rings is 1. The van der Waals surface area contributed by atoms with Gasteiger partial charge in [-0.25, -0.2) is 9.97 Å². The number of nitrogens with zero attached hydrogens (tertiary/aromatic N) is 3. The second-order valence-corrected chi connectivity index (χ2v) is 7.52. The first-order valence-corrected chi connectivity index (χ1v) is 10.2. The summed E-state index contributed by atoms with van der Waals surface area (Å²) in [6.07, 6.45) is 6.07. The van der Waals surface area contributed by atoms with Crippen molar-refractivity contribution in [2.45, 2.75) is 19.3 Å². The monoisotopic (exact) mass is 386 g/mol. The fourth-order valence-electron chi connectivity index (χ4n) is 3.74. The van der Waals surface area contributed by atoms with Gasteiger partial charge in [-0.1, -0.05) is 54.6 Å². The van der Waals surface area contributed by atoms with Crippen LogP contribution in [0, 0.1) is 5.92 Å². The first kappa shape index (κ1) is 19.1. The molecule has 1 aliphatic heterocycles. The van der Waals surface area contributed by atoms with E-state index < -0.39 is 0 Å². The Kier molecular flexibility index (Phi) is 6.15. The Bertz CT molecular complexity index is 905. The summed E-state index contributed by atoms with van der Waals surface area (Å²) in [6.45, 7) is 2.61. The van der Waals surface area contributed by atoms with Crippen LogP contribution in [0.3, 0.4) is 0 Å². The van der Waals surface area contributed by atoms with Crippen molar-refractivity contribution in [2.75, 3.05) is 24.5 Å². The SMILES string of the molecule is O=C(Cc1ccc(-c2ccccc2)cc1)NCC1CCN(c2ncccn2)CC1. The molecule has 0 unspecified atom stereocenters. The Morgan fingerprint density at radius 3 is 2.24 bits per heavy atom. The van der Waals surface area contributed by atoms with E-state index in [1.807, 2.05) is 36.4 Å². The van der Waals surface area contributed by atoms with E-state index in [1.165, 1.54) is 11.1 Å². The third-order valence-electron chi connectivity index (χ3n) is 5.46. The van der Waals surface area contributed by atoms with Crippen molar-refractivity contribution < 1.29 is 4.79 Å². The maximum atomic E-state index is 12.4. The van der Waals surface area contributed by atoms with E-state index in [4.69, 9.17) is 0 Å². The van der Waals surface area contributed by atoms with Crippen molar-refractivity contribution >= 4 is 11.9 Å². The number of anilines is 1. The molecule has 0 spiro atoms. The quantitative estimate of drug-likeness (QED) is 0.701. The van der Waals surface area contributed by atoms with E-state index in [0.717, 1.165) is 44.0 Å². The van der Waals surface area contributed by atoms with Crippen molar-refractivity contribution in [1.29, 1.82) is 0 Å². The predicted molar refractivity (Wildman–Crippen MR) is 116 cm³/mol. The molecule has 5 nitrogen and oxygen atoms in total. The third-order valence-corrected chi connectivity index (χ3v) is 5.46. The van der Waals surface area contributed by atoms with Gasteiger partial charge < -0.3 is 10.2 Å². The van der Waals surface area contributed by atoms with Gasteiger partial charge in [-0.15, -0.1) is 0 Å². The predicted octanol–water partition coefficient (Wildman–Crippen LogP) is 3.72. The van der Waals surface area contributed by atoms with Crippen LogP contribution in [0.25, 0.3) is 11.1 Å². The molecule has 0 radical (unpaired) electrons. The molecule has 5 heteroatoms. The minimum atomic E-state index is 0.0892. The van der Waals surface area contributed by atoms with E-state index in [9.17, 15) is 4.79 Å². The fraction of sp³-hybridized carbons (Fsp3) is 0.292. The number of amides is 1. The van der Waals surface area contributed by atoms with E-state index in [-0.39, 0.29) is 5.91 Å². The highest BCUT2D eigenvalue weighted by Crippen LogP contribution is 2.21. The molecule has 1 amide bonds. The van der Waals surface area contributed by atoms with Gasteiger partial charge in [-0.05, 0) is 41.5 Å². The van der Waals surface area contributed by atoms with Crippen LogP contribution < -0.4 is 10.2 Å². The highest BCUT2D eigenvalue weighted by molar-refractivity contribution is 5.78. The summed E-state index contributed by atoms with van der Waals surface area (Å²) in [7, 11) is 0. The highest BCUT2D eigenvalue weighted by Gasteiger charge is 2.21. The number of carbonyl (C=O) groups excluding carboxylic acids is 1. The lowest BCUT2D eigenvalue weighted by molar-refractivity contribution is -0.120. The molecule has 1 fully saturated rings. The van der Waals surface area contributed by atoms with Crippen molar-refractivity contribution in [2.24, 2.45) is 5.92 Å². The molecule has 2 heterocycles. The van der Waals surface area contributed by atoms with Crippen molar-refractivity contribution in [3.05, 3.63) is 78.6 Å². The lowest BCUT2D eigenvalue weighted by Gasteiger charge is -2.31. The Labute approximate surface area is 171 Å². The molecule has 0 aliphatic carbocycles. The second kappa shape index (κ2) is 9.32. The van der Waals surface area contributed by atoms with Crippen LogP contribution in [0.2, 0.25) is 0 Å². The average molecular weight is 386 g/mol. The lowest BCUT2D eigenvalue weighted by Crippen LogP contribution is -2.39. The summed E-state index contributed by atoms with van der Waals surface area (Å²) in [5.41, 5.74) is 3.40.